The fraction of sp³-hybridized carbons (Fsp3) is 0.346. The first-order valence-electron chi connectivity index (χ1n) is 10.5. The second-order valence-electron chi connectivity index (χ2n) is 7.29. The van der Waals surface area contributed by atoms with E-state index in [4.69, 9.17) is 4.74 Å². The summed E-state index contributed by atoms with van der Waals surface area (Å²) in [4.78, 5) is 4.56. The third-order valence-corrected chi connectivity index (χ3v) is 5.12. The highest BCUT2D eigenvalue weighted by Crippen LogP contribution is 2.23. The predicted octanol–water partition coefficient (Wildman–Crippen LogP) is 6.67. The maximum Gasteiger partial charge on any atom is 0.119 e. The second-order valence-corrected chi connectivity index (χ2v) is 7.29. The molecule has 0 spiro atoms. The van der Waals surface area contributed by atoms with Gasteiger partial charge in [-0.1, -0.05) is 69.2 Å². The van der Waals surface area contributed by atoms with Crippen LogP contribution in [0.4, 0.5) is 0 Å². The van der Waals surface area contributed by atoms with E-state index in [2.05, 4.69) is 79.5 Å². The number of benzene rings is 2. The molecule has 1 heterocycles. The van der Waals surface area contributed by atoms with Crippen molar-refractivity contribution in [2.24, 2.45) is 0 Å². The molecule has 2 aromatic carbocycles. The molecule has 2 nitrogen and oxygen atoms in total. The van der Waals surface area contributed by atoms with Crippen LogP contribution in [0.1, 0.15) is 49.9 Å². The Kier molecular flexibility index (Phi) is 7.66. The summed E-state index contributed by atoms with van der Waals surface area (Å²) in [5, 5.41) is 0. The van der Waals surface area contributed by atoms with Gasteiger partial charge in [-0.2, -0.15) is 0 Å². The van der Waals surface area contributed by atoms with Gasteiger partial charge in [0.1, 0.15) is 5.75 Å². The number of hydrogen-bond donors (Lipinski definition) is 0. The summed E-state index contributed by atoms with van der Waals surface area (Å²) in [6, 6.07) is 21.6. The van der Waals surface area contributed by atoms with Gasteiger partial charge in [-0.3, -0.25) is 4.98 Å². The summed E-state index contributed by atoms with van der Waals surface area (Å²) in [6.07, 6.45) is 8.61. The van der Waals surface area contributed by atoms with Gasteiger partial charge in [-0.05, 0) is 66.1 Å². The molecule has 0 unspecified atom stereocenters. The van der Waals surface area contributed by atoms with Crippen molar-refractivity contribution in [3.63, 3.8) is 0 Å². The number of nitrogens with zero attached hydrogens (tertiary/aromatic N) is 1. The molecule has 0 saturated heterocycles. The van der Waals surface area contributed by atoms with E-state index in [0.29, 0.717) is 0 Å². The highest BCUT2D eigenvalue weighted by Gasteiger charge is 2.02. The van der Waals surface area contributed by atoms with Gasteiger partial charge in [-0.25, -0.2) is 0 Å². The van der Waals surface area contributed by atoms with Crippen LogP contribution >= 0.6 is 0 Å². The summed E-state index contributed by atoms with van der Waals surface area (Å²) in [6.45, 7) is 5.17. The molecular formula is C26H31NO. The number of hydrogen-bond acceptors (Lipinski definition) is 2. The van der Waals surface area contributed by atoms with Crippen molar-refractivity contribution >= 4 is 0 Å². The molecule has 0 aliphatic carbocycles. The van der Waals surface area contributed by atoms with Crippen molar-refractivity contribution in [3.05, 3.63) is 83.7 Å². The molecular weight excluding hydrogens is 342 g/mol. The van der Waals surface area contributed by atoms with Gasteiger partial charge in [0.2, 0.25) is 0 Å². The van der Waals surface area contributed by atoms with Crippen molar-refractivity contribution in [2.45, 2.75) is 52.4 Å². The lowest BCUT2D eigenvalue weighted by Crippen LogP contribution is -1.96. The summed E-state index contributed by atoms with van der Waals surface area (Å²) in [7, 11) is 0. The largest absolute Gasteiger partial charge is 0.494 e. The zero-order valence-electron chi connectivity index (χ0n) is 17.2. The van der Waals surface area contributed by atoms with Crippen LogP contribution in [0.25, 0.3) is 11.1 Å². The van der Waals surface area contributed by atoms with E-state index in [0.717, 1.165) is 43.7 Å². The first-order valence-corrected chi connectivity index (χ1v) is 10.5. The summed E-state index contributed by atoms with van der Waals surface area (Å²) in [5.74, 6) is 0.957. The highest BCUT2D eigenvalue weighted by molar-refractivity contribution is 5.64. The minimum absolute atomic E-state index is 0.803. The molecule has 0 atom stereocenters. The van der Waals surface area contributed by atoms with Crippen LogP contribution in [0, 0.1) is 0 Å². The molecule has 0 fully saturated rings. The van der Waals surface area contributed by atoms with E-state index in [1.54, 1.807) is 0 Å². The molecule has 3 rings (SSSR count). The lowest BCUT2D eigenvalue weighted by Gasteiger charge is -2.08. The average molecular weight is 374 g/mol. The normalized spacial score (nSPS) is 10.8. The van der Waals surface area contributed by atoms with Crippen molar-refractivity contribution < 1.29 is 4.74 Å². The second kappa shape index (κ2) is 10.7. The molecule has 0 saturated carbocycles. The molecule has 0 amide bonds. The van der Waals surface area contributed by atoms with Gasteiger partial charge < -0.3 is 4.74 Å². The standard InChI is InChI=1S/C26H31NO/c1-3-5-6-19-28-26-17-13-24(14-18-26)23-11-7-22(8-12-23)10-16-25-15-9-21(4-2)20-27-25/h7-9,11-15,17-18,20H,3-6,10,16,19H2,1-2H3. The summed E-state index contributed by atoms with van der Waals surface area (Å²) >= 11 is 0. The molecule has 3 aromatic rings. The molecule has 146 valence electrons. The number of rotatable bonds is 10. The molecule has 0 radical (unpaired) electrons. The lowest BCUT2D eigenvalue weighted by atomic mass is 10.0. The van der Waals surface area contributed by atoms with Gasteiger partial charge in [0.15, 0.2) is 0 Å². The maximum atomic E-state index is 5.80. The fourth-order valence-electron chi connectivity index (χ4n) is 3.23. The van der Waals surface area contributed by atoms with Crippen molar-refractivity contribution in [1.82, 2.24) is 4.98 Å². The molecule has 0 aliphatic rings. The number of unbranched alkanes of at least 4 members (excludes halogenated alkanes) is 2. The number of aryl methyl sites for hydroxylation is 3. The average Bonchev–Trinajstić information content (AvgIpc) is 2.76. The predicted molar refractivity (Wildman–Crippen MR) is 118 cm³/mol. The summed E-state index contributed by atoms with van der Waals surface area (Å²) < 4.78 is 5.80. The molecule has 2 heteroatoms. The van der Waals surface area contributed by atoms with Crippen molar-refractivity contribution in [2.75, 3.05) is 6.61 Å². The van der Waals surface area contributed by atoms with Crippen LogP contribution in [0.5, 0.6) is 5.75 Å². The van der Waals surface area contributed by atoms with E-state index in [1.165, 1.54) is 35.1 Å². The van der Waals surface area contributed by atoms with Crippen molar-refractivity contribution in [3.8, 4) is 16.9 Å². The van der Waals surface area contributed by atoms with E-state index in [9.17, 15) is 0 Å². The van der Waals surface area contributed by atoms with Crippen LogP contribution in [0.2, 0.25) is 0 Å². The van der Waals surface area contributed by atoms with Crippen LogP contribution in [-0.2, 0) is 19.3 Å². The van der Waals surface area contributed by atoms with Crippen LogP contribution in [0.15, 0.2) is 66.9 Å². The maximum absolute atomic E-state index is 5.80. The topological polar surface area (TPSA) is 22.1 Å². The number of aromatic nitrogens is 1. The molecule has 1 aromatic heterocycles. The highest BCUT2D eigenvalue weighted by atomic mass is 16.5. The van der Waals surface area contributed by atoms with E-state index in [-0.39, 0.29) is 0 Å². The van der Waals surface area contributed by atoms with Crippen LogP contribution < -0.4 is 4.74 Å². The number of pyridine rings is 1. The Morgan fingerprint density at radius 3 is 2.00 bits per heavy atom. The first kappa shape index (κ1) is 20.1. The van der Waals surface area contributed by atoms with Crippen LogP contribution in [0.3, 0.4) is 0 Å². The third-order valence-electron chi connectivity index (χ3n) is 5.12. The van der Waals surface area contributed by atoms with Crippen molar-refractivity contribution in [1.29, 1.82) is 0 Å². The van der Waals surface area contributed by atoms with Crippen LogP contribution in [-0.4, -0.2) is 11.6 Å². The fourth-order valence-corrected chi connectivity index (χ4v) is 3.23. The SMILES string of the molecule is CCCCCOc1ccc(-c2ccc(CCc3ccc(CC)cn3)cc2)cc1. The Bertz CT molecular complexity index is 820. The Morgan fingerprint density at radius 2 is 1.39 bits per heavy atom. The lowest BCUT2D eigenvalue weighted by molar-refractivity contribution is 0.306. The Labute approximate surface area is 169 Å². The van der Waals surface area contributed by atoms with E-state index < -0.39 is 0 Å². The molecule has 0 bridgehead atoms. The Balaban J connectivity index is 1.53. The quantitative estimate of drug-likeness (QED) is 0.370. The van der Waals surface area contributed by atoms with Gasteiger partial charge in [-0.15, -0.1) is 0 Å². The van der Waals surface area contributed by atoms with E-state index in [1.807, 2.05) is 6.20 Å². The van der Waals surface area contributed by atoms with Gasteiger partial charge in [0, 0.05) is 11.9 Å². The Morgan fingerprint density at radius 1 is 0.714 bits per heavy atom. The number of ether oxygens (including phenoxy) is 1. The zero-order valence-corrected chi connectivity index (χ0v) is 17.2. The smallest absolute Gasteiger partial charge is 0.119 e. The Hall–Kier alpha value is -2.61. The van der Waals surface area contributed by atoms with E-state index >= 15 is 0 Å². The minimum Gasteiger partial charge on any atom is -0.494 e. The summed E-state index contributed by atoms with van der Waals surface area (Å²) in [5.41, 5.74) is 6.28. The van der Waals surface area contributed by atoms with Gasteiger partial charge >= 0.3 is 0 Å². The first-order chi connectivity index (χ1) is 13.8. The molecule has 0 aliphatic heterocycles. The van der Waals surface area contributed by atoms with Gasteiger partial charge in [0.25, 0.3) is 0 Å². The monoisotopic (exact) mass is 373 g/mol. The minimum atomic E-state index is 0.803. The molecule has 0 N–H and O–H groups in total. The molecule has 28 heavy (non-hydrogen) atoms. The van der Waals surface area contributed by atoms with Gasteiger partial charge in [0.05, 0.1) is 6.61 Å². The zero-order chi connectivity index (χ0) is 19.6. The third kappa shape index (κ3) is 5.95.